The third-order valence-corrected chi connectivity index (χ3v) is 20.8. The molecule has 0 bridgehead atoms. The summed E-state index contributed by atoms with van der Waals surface area (Å²) in [4.78, 5) is 21.0. The zero-order valence-electron chi connectivity index (χ0n) is 87.9. The number of hydrogen-bond acceptors (Lipinski definition) is 8. The molecule has 0 N–H and O–H groups in total. The van der Waals surface area contributed by atoms with Crippen LogP contribution in [0.1, 0.15) is 89.9 Å². The number of para-hydroxylation sites is 10. The van der Waals surface area contributed by atoms with Gasteiger partial charge in [-0.25, -0.2) is 6.67 Å². The van der Waals surface area contributed by atoms with Crippen molar-refractivity contribution < 1.29 is 69.4 Å². The Morgan fingerprint density at radius 1 is 0.212 bits per heavy atom. The zero-order chi connectivity index (χ0) is 103. The van der Waals surface area contributed by atoms with Crippen molar-refractivity contribution in [2.24, 2.45) is 0 Å². The number of benzene rings is 15. The number of nitrogens with zero attached hydrogens (tertiary/aromatic N) is 14. The van der Waals surface area contributed by atoms with Gasteiger partial charge in [0.25, 0.3) is 0 Å². The fourth-order valence-corrected chi connectivity index (χ4v) is 13.0. The summed E-state index contributed by atoms with van der Waals surface area (Å²) in [5, 5.41) is 27.0. The summed E-state index contributed by atoms with van der Waals surface area (Å²) < 4.78 is 0. The van der Waals surface area contributed by atoms with Gasteiger partial charge >= 0.3 is 69.4 Å². The molecule has 0 unspecified atom stereocenters. The van der Waals surface area contributed by atoms with Crippen molar-refractivity contribution in [1.29, 1.82) is 0 Å². The largest absolute Gasteiger partial charge is 4.00 e. The monoisotopic (exact) mass is 2080 g/mol. The topological polar surface area (TPSA) is 130 Å². The second-order valence-electron chi connectivity index (χ2n) is 33.7. The van der Waals surface area contributed by atoms with Crippen molar-refractivity contribution in [2.75, 3.05) is 121 Å². The molecule has 752 valence electrons. The Morgan fingerprint density at radius 2 is 0.411 bits per heavy atom. The second-order valence-corrected chi connectivity index (χ2v) is 33.7. The van der Waals surface area contributed by atoms with E-state index in [2.05, 4.69) is 215 Å². The fraction of sp³-hybridized carbons (Fsp3) is 0.156. The molecule has 17 aromatic rings. The quantitative estimate of drug-likeness (QED) is 0.0650. The molecule has 17 rings (SSSR count). The molecule has 0 aliphatic carbocycles. The van der Waals surface area contributed by atoms with Crippen LogP contribution in [0.5, 0.6) is 0 Å². The van der Waals surface area contributed by atoms with E-state index in [0.717, 1.165) is 95.8 Å². The predicted octanol–water partition coefficient (Wildman–Crippen LogP) is 33.6. The molecule has 2 heterocycles. The van der Waals surface area contributed by atoms with Crippen molar-refractivity contribution in [3.8, 4) is 0 Å². The van der Waals surface area contributed by atoms with Gasteiger partial charge in [0.1, 0.15) is 0 Å². The molecule has 0 amide bonds. The number of rotatable bonds is 21. The first-order valence-electron chi connectivity index (χ1n) is 47.0. The maximum atomic E-state index is 4.76. The molecule has 0 atom stereocenters. The minimum absolute atomic E-state index is 0. The van der Waals surface area contributed by atoms with E-state index in [0.29, 0.717) is 19.8 Å². The molecule has 0 saturated carbocycles. The average Bonchev–Trinajstić information content (AvgIpc) is 0.855. The third-order valence-electron chi connectivity index (χ3n) is 20.8. The summed E-state index contributed by atoms with van der Waals surface area (Å²) >= 11 is 0. The second kappa shape index (κ2) is 74.2. The van der Waals surface area contributed by atoms with Crippen LogP contribution < -0.4 is 29.4 Å². The molecule has 0 spiro atoms. The summed E-state index contributed by atoms with van der Waals surface area (Å²) in [6, 6.07) is 147. The van der Waals surface area contributed by atoms with Crippen LogP contribution in [0.15, 0.2) is 443 Å². The Kier molecular flexibility index (Phi) is 64.7. The Labute approximate surface area is 921 Å². The molecule has 0 fully saturated rings. The van der Waals surface area contributed by atoms with Crippen molar-refractivity contribution in [1.82, 2.24) is 9.97 Å². The van der Waals surface area contributed by atoms with Gasteiger partial charge in [-0.3, -0.25) is 0 Å². The van der Waals surface area contributed by atoms with E-state index < -0.39 is 0 Å². The van der Waals surface area contributed by atoms with Gasteiger partial charge in [-0.15, -0.1) is 83.4 Å². The van der Waals surface area contributed by atoms with E-state index >= 15 is 0 Å². The minimum Gasteiger partial charge on any atom is -0.699 e. The normalized spacial score (nSPS) is 9.38. The first-order chi connectivity index (χ1) is 68.5. The first-order valence-corrected chi connectivity index (χ1v) is 47.0. The van der Waals surface area contributed by atoms with Gasteiger partial charge < -0.3 is 71.3 Å². The Hall–Kier alpha value is -14.7. The first kappa shape index (κ1) is 127. The van der Waals surface area contributed by atoms with E-state index in [4.69, 9.17) is 10.6 Å². The standard InChI is InChI=1S/C19H16N2.2C13H13N2.C13H12N2.6C9H12N.2C8H9.4Cr/c1-4-10-16(11-5-1)19(20-17-12-6-2-7-13-17)21-18-14-8-3-9-15-18;2*1-11-6-5-9-13(15-11)14-10-12-7-3-2-4-8-12;1-3-7-12(8-4-1)14-11-15-13-9-5-2-6-10-13;6*1-8-6-4-5-7-9(8)10(2)3;2*1-7-5-3-4-6-8(7)2;;;;/h1-15,19H;2*2-9H,10H2,1H3;1-10H,11H2;6*4-7H,1H2,2-3H3;2*3-6H,1H2,2H3;;;;/q-2;2*-1;-2;8*-1;2*+2;2*+4. The summed E-state index contributed by atoms with van der Waals surface area (Å²) in [6.07, 6.45) is -0.226. The van der Waals surface area contributed by atoms with Crippen LogP contribution in [0.4, 0.5) is 68.5 Å². The maximum absolute atomic E-state index is 4.76. The van der Waals surface area contributed by atoms with E-state index in [9.17, 15) is 0 Å². The minimum atomic E-state index is -0.226. The average molecular weight is 2090 g/mol. The van der Waals surface area contributed by atoms with Crippen LogP contribution in [0.2, 0.25) is 0 Å². The Balaban J connectivity index is 0.000000543. The number of aromatic nitrogens is 2. The summed E-state index contributed by atoms with van der Waals surface area (Å²) in [7, 11) is 24.2. The zero-order valence-corrected chi connectivity index (χ0v) is 93.0. The number of aryl methyl sites for hydroxylation is 4. The summed E-state index contributed by atoms with van der Waals surface area (Å²) in [5.41, 5.74) is 27.6. The molecule has 18 heteroatoms. The molecule has 15 aromatic carbocycles. The van der Waals surface area contributed by atoms with Crippen molar-refractivity contribution in [2.45, 2.75) is 47.0 Å². The van der Waals surface area contributed by atoms with Gasteiger partial charge in [-0.1, -0.05) is 410 Å². The number of hydrogen-bond donors (Lipinski definition) is 0. The molecule has 0 aliphatic heterocycles. The van der Waals surface area contributed by atoms with Gasteiger partial charge in [-0.05, 0) is 123 Å². The van der Waals surface area contributed by atoms with Crippen LogP contribution in [-0.2, 0) is 82.5 Å². The van der Waals surface area contributed by atoms with Crippen LogP contribution >= 0.6 is 0 Å². The predicted molar refractivity (Wildman–Crippen MR) is 619 cm³/mol. The summed E-state index contributed by atoms with van der Waals surface area (Å²) in [5.74, 6) is 1.61. The van der Waals surface area contributed by atoms with Crippen molar-refractivity contribution >= 4 is 68.5 Å². The van der Waals surface area contributed by atoms with Crippen LogP contribution in [0.25, 0.3) is 31.9 Å². The smallest absolute Gasteiger partial charge is 0.699 e. The fourth-order valence-electron chi connectivity index (χ4n) is 13.0. The molecule has 2 aromatic heterocycles. The van der Waals surface area contributed by atoms with Gasteiger partial charge in [0.2, 0.25) is 0 Å². The van der Waals surface area contributed by atoms with Crippen LogP contribution in [0, 0.1) is 83.1 Å². The van der Waals surface area contributed by atoms with Crippen molar-refractivity contribution in [3.05, 3.63) is 614 Å². The van der Waals surface area contributed by atoms with E-state index in [-0.39, 0.29) is 75.6 Å². The van der Waals surface area contributed by atoms with E-state index in [1.54, 1.807) is 0 Å². The third kappa shape index (κ3) is 52.5. The molecular formula is C128H144Cr4N14-2. The molecule has 146 heavy (non-hydrogen) atoms. The number of anilines is 6. The van der Waals surface area contributed by atoms with Crippen molar-refractivity contribution in [3.63, 3.8) is 0 Å². The van der Waals surface area contributed by atoms with Gasteiger partial charge in [0.15, 0.2) is 0 Å². The Morgan fingerprint density at radius 3 is 0.610 bits per heavy atom. The SMILES string of the molecule is Cc1cccc([N-]Cc2ccccc2)n1.Cc1cccc([N-]Cc2ccccc2)n1.[CH2-]c1ccccc1C.[CH2-]c1ccccc1C.[CH2-]c1ccccc1N(C)C.[CH2-]c1ccccc1N(C)C.[CH2-]c1ccccc1N(C)C.[CH2-]c1ccccc1N(C)C.[CH2-]c1ccccc1N(C)C.[CH2-]c1ccccc1N(C)C.[Cr+2].[Cr+2].[Cr+4].[Cr+4].c1ccc([N-]C([N-]c2ccccc2)c2ccccc2)cc1.c1ccc([N-]C[N-]c2ccccc2)cc1. The van der Waals surface area contributed by atoms with Crippen LogP contribution in [-0.4, -0.2) is 101 Å². The van der Waals surface area contributed by atoms with Gasteiger partial charge in [0.05, 0.1) is 0 Å². The summed E-state index contributed by atoms with van der Waals surface area (Å²) in [6.45, 7) is 41.0. The maximum Gasteiger partial charge on any atom is 4.00 e. The number of pyridine rings is 2. The van der Waals surface area contributed by atoms with Crippen LogP contribution in [0.3, 0.4) is 0 Å². The van der Waals surface area contributed by atoms with Gasteiger partial charge in [-0.2, -0.15) is 166 Å². The van der Waals surface area contributed by atoms with Gasteiger partial charge in [0, 0.05) is 0 Å². The molecular weight excluding hydrogens is 1940 g/mol. The molecule has 14 nitrogen and oxygen atoms in total. The van der Waals surface area contributed by atoms with E-state index in [1.807, 2.05) is 456 Å². The van der Waals surface area contributed by atoms with E-state index in [1.165, 1.54) is 56.4 Å². The molecule has 0 aliphatic rings. The molecule has 0 saturated heterocycles. The Bertz CT molecular complexity index is 5570. The molecule has 0 radical (unpaired) electrons.